The first-order chi connectivity index (χ1) is 10.7. The molecule has 2 aromatic rings. The highest BCUT2D eigenvalue weighted by Crippen LogP contribution is 2.14. The van der Waals surface area contributed by atoms with Gasteiger partial charge in [0.2, 0.25) is 0 Å². The van der Waals surface area contributed by atoms with Gasteiger partial charge < -0.3 is 9.88 Å². The maximum Gasteiger partial charge on any atom is 0.256 e. The highest BCUT2D eigenvalue weighted by atomic mass is 16.1. The Morgan fingerprint density at radius 1 is 1.18 bits per heavy atom. The van der Waals surface area contributed by atoms with E-state index in [0.717, 1.165) is 6.54 Å². The molecule has 1 aliphatic rings. The summed E-state index contributed by atoms with van der Waals surface area (Å²) in [4.78, 5) is 18.7. The summed E-state index contributed by atoms with van der Waals surface area (Å²) in [6, 6.07) is 7.86. The van der Waals surface area contributed by atoms with Gasteiger partial charge in [-0.3, -0.25) is 9.69 Å². The maximum absolute atomic E-state index is 12.2. The van der Waals surface area contributed by atoms with Crippen LogP contribution in [0.3, 0.4) is 0 Å². The molecular formula is C17H22N4O. The smallest absolute Gasteiger partial charge is 0.256 e. The molecule has 1 saturated heterocycles. The fraction of sp³-hybridized carbons (Fsp3) is 0.412. The van der Waals surface area contributed by atoms with Crippen LogP contribution >= 0.6 is 0 Å². The molecule has 5 heteroatoms. The lowest BCUT2D eigenvalue weighted by molar-refractivity contribution is 0.102. The van der Waals surface area contributed by atoms with E-state index in [0.29, 0.717) is 11.4 Å². The second-order valence-corrected chi connectivity index (χ2v) is 5.91. The Hall–Kier alpha value is -2.14. The number of hydrogen-bond acceptors (Lipinski definition) is 3. The quantitative estimate of drug-likeness (QED) is 0.944. The molecule has 1 aromatic carbocycles. The summed E-state index contributed by atoms with van der Waals surface area (Å²) >= 11 is 0. The Kier molecular flexibility index (Phi) is 4.53. The van der Waals surface area contributed by atoms with Gasteiger partial charge in [-0.1, -0.05) is 18.6 Å². The number of piperidine rings is 1. The van der Waals surface area contributed by atoms with Crippen LogP contribution < -0.4 is 5.32 Å². The monoisotopic (exact) mass is 298 g/mol. The van der Waals surface area contributed by atoms with Gasteiger partial charge in [-0.2, -0.15) is 0 Å². The Balaban J connectivity index is 1.59. The Bertz CT molecular complexity index is 626. The second-order valence-electron chi connectivity index (χ2n) is 5.91. The molecule has 0 unspecified atom stereocenters. The minimum Gasteiger partial charge on any atom is -0.338 e. The highest BCUT2D eigenvalue weighted by Gasteiger charge is 2.11. The number of amides is 1. The van der Waals surface area contributed by atoms with Gasteiger partial charge in [0.05, 0.1) is 6.33 Å². The minimum atomic E-state index is -0.122. The molecule has 3 rings (SSSR count). The molecule has 1 fully saturated rings. The third kappa shape index (κ3) is 3.74. The molecule has 0 saturated carbocycles. The SMILES string of the molecule is Cn1cnc(NC(=O)c2ccc(CN3CCCCC3)cc2)c1. The molecule has 22 heavy (non-hydrogen) atoms. The molecule has 5 nitrogen and oxygen atoms in total. The number of imidazole rings is 1. The number of hydrogen-bond donors (Lipinski definition) is 1. The molecular weight excluding hydrogens is 276 g/mol. The van der Waals surface area contributed by atoms with Gasteiger partial charge >= 0.3 is 0 Å². The van der Waals surface area contributed by atoms with Gasteiger partial charge in [-0.25, -0.2) is 4.98 Å². The largest absolute Gasteiger partial charge is 0.338 e. The molecule has 1 aliphatic heterocycles. The third-order valence-electron chi connectivity index (χ3n) is 4.02. The van der Waals surface area contributed by atoms with Crippen LogP contribution in [-0.4, -0.2) is 33.4 Å². The molecule has 0 spiro atoms. The molecule has 116 valence electrons. The zero-order valence-corrected chi connectivity index (χ0v) is 13.0. The lowest BCUT2D eigenvalue weighted by Crippen LogP contribution is -2.29. The number of nitrogens with one attached hydrogen (secondary N) is 1. The Labute approximate surface area is 131 Å². The highest BCUT2D eigenvalue weighted by molar-refractivity contribution is 6.03. The zero-order chi connectivity index (χ0) is 15.4. The number of aryl methyl sites for hydroxylation is 1. The molecule has 0 atom stereocenters. The van der Waals surface area contributed by atoms with Crippen LogP contribution in [0.25, 0.3) is 0 Å². The minimum absolute atomic E-state index is 0.122. The van der Waals surface area contributed by atoms with Crippen molar-refractivity contribution in [1.29, 1.82) is 0 Å². The Morgan fingerprint density at radius 3 is 2.55 bits per heavy atom. The molecule has 0 aliphatic carbocycles. The fourth-order valence-electron chi connectivity index (χ4n) is 2.80. The summed E-state index contributed by atoms with van der Waals surface area (Å²) in [5.74, 6) is 0.452. The predicted molar refractivity (Wildman–Crippen MR) is 86.7 cm³/mol. The van der Waals surface area contributed by atoms with Crippen molar-refractivity contribution >= 4 is 11.7 Å². The third-order valence-corrected chi connectivity index (χ3v) is 4.02. The van der Waals surface area contributed by atoms with Gasteiger partial charge in [-0.15, -0.1) is 0 Å². The summed E-state index contributed by atoms with van der Waals surface area (Å²) in [5, 5.41) is 2.80. The lowest BCUT2D eigenvalue weighted by Gasteiger charge is -2.26. The number of aromatic nitrogens is 2. The standard InChI is InChI=1S/C17H22N4O/c1-20-12-16(18-13-20)19-17(22)15-7-5-14(6-8-15)11-21-9-3-2-4-10-21/h5-8,12-13H,2-4,9-11H2,1H3,(H,19,22). The molecule has 2 heterocycles. The van der Waals surface area contributed by atoms with Crippen LogP contribution in [0.2, 0.25) is 0 Å². The summed E-state index contributed by atoms with van der Waals surface area (Å²) in [6.07, 6.45) is 7.39. The van der Waals surface area contributed by atoms with Gasteiger partial charge in [0, 0.05) is 25.4 Å². The lowest BCUT2D eigenvalue weighted by atomic mass is 10.1. The van der Waals surface area contributed by atoms with E-state index < -0.39 is 0 Å². The number of rotatable bonds is 4. The van der Waals surface area contributed by atoms with Crippen molar-refractivity contribution in [3.8, 4) is 0 Å². The van der Waals surface area contributed by atoms with E-state index >= 15 is 0 Å². The van der Waals surface area contributed by atoms with Gasteiger partial charge in [0.15, 0.2) is 5.82 Å². The van der Waals surface area contributed by atoms with E-state index in [-0.39, 0.29) is 5.91 Å². The van der Waals surface area contributed by atoms with Crippen LogP contribution in [0.15, 0.2) is 36.8 Å². The van der Waals surface area contributed by atoms with Crippen molar-refractivity contribution in [2.75, 3.05) is 18.4 Å². The number of anilines is 1. The van der Waals surface area contributed by atoms with Crippen LogP contribution in [0.4, 0.5) is 5.82 Å². The van der Waals surface area contributed by atoms with Crippen molar-refractivity contribution in [2.24, 2.45) is 7.05 Å². The molecule has 1 N–H and O–H groups in total. The molecule has 1 aromatic heterocycles. The number of carbonyl (C=O) groups is 1. The van der Waals surface area contributed by atoms with Crippen LogP contribution in [0, 0.1) is 0 Å². The zero-order valence-electron chi connectivity index (χ0n) is 13.0. The summed E-state index contributed by atoms with van der Waals surface area (Å²) < 4.78 is 1.80. The van der Waals surface area contributed by atoms with Gasteiger partial charge in [0.25, 0.3) is 5.91 Å². The second kappa shape index (κ2) is 6.75. The predicted octanol–water partition coefficient (Wildman–Crippen LogP) is 2.66. The average Bonchev–Trinajstić information content (AvgIpc) is 2.94. The van der Waals surface area contributed by atoms with E-state index in [2.05, 4.69) is 15.2 Å². The van der Waals surface area contributed by atoms with E-state index in [4.69, 9.17) is 0 Å². The van der Waals surface area contributed by atoms with Crippen LogP contribution in [-0.2, 0) is 13.6 Å². The number of nitrogens with zero attached hydrogens (tertiary/aromatic N) is 3. The number of likely N-dealkylation sites (tertiary alicyclic amines) is 1. The number of benzene rings is 1. The van der Waals surface area contributed by atoms with E-state index in [1.807, 2.05) is 31.3 Å². The van der Waals surface area contributed by atoms with Crippen molar-refractivity contribution in [1.82, 2.24) is 14.5 Å². The first kappa shape index (κ1) is 14.8. The van der Waals surface area contributed by atoms with Crippen molar-refractivity contribution in [3.63, 3.8) is 0 Å². The molecule has 0 radical (unpaired) electrons. The van der Waals surface area contributed by atoms with E-state index in [1.54, 1.807) is 17.1 Å². The van der Waals surface area contributed by atoms with E-state index in [9.17, 15) is 4.79 Å². The normalized spacial score (nSPS) is 15.7. The van der Waals surface area contributed by atoms with E-state index in [1.165, 1.54) is 37.9 Å². The first-order valence-corrected chi connectivity index (χ1v) is 7.81. The summed E-state index contributed by atoms with van der Waals surface area (Å²) in [6.45, 7) is 3.34. The topological polar surface area (TPSA) is 50.2 Å². The molecule has 0 bridgehead atoms. The fourth-order valence-corrected chi connectivity index (χ4v) is 2.80. The van der Waals surface area contributed by atoms with Crippen molar-refractivity contribution in [3.05, 3.63) is 47.9 Å². The van der Waals surface area contributed by atoms with Crippen LogP contribution in [0.1, 0.15) is 35.2 Å². The number of carbonyl (C=O) groups excluding carboxylic acids is 1. The summed E-state index contributed by atoms with van der Waals surface area (Å²) in [7, 11) is 1.87. The van der Waals surface area contributed by atoms with Crippen molar-refractivity contribution < 1.29 is 4.79 Å². The molecule has 1 amide bonds. The summed E-state index contributed by atoms with van der Waals surface area (Å²) in [5.41, 5.74) is 1.92. The average molecular weight is 298 g/mol. The van der Waals surface area contributed by atoms with Gasteiger partial charge in [-0.05, 0) is 43.6 Å². The van der Waals surface area contributed by atoms with Crippen molar-refractivity contribution in [2.45, 2.75) is 25.8 Å². The van der Waals surface area contributed by atoms with Gasteiger partial charge in [0.1, 0.15) is 0 Å². The maximum atomic E-state index is 12.2. The van der Waals surface area contributed by atoms with Crippen LogP contribution in [0.5, 0.6) is 0 Å². The Morgan fingerprint density at radius 2 is 1.91 bits per heavy atom. The first-order valence-electron chi connectivity index (χ1n) is 7.81.